The maximum atomic E-state index is 13.6. The first-order valence-electron chi connectivity index (χ1n) is 5.85. The van der Waals surface area contributed by atoms with Crippen LogP contribution in [0.3, 0.4) is 0 Å². The van der Waals surface area contributed by atoms with E-state index in [0.717, 1.165) is 18.7 Å². The van der Waals surface area contributed by atoms with Gasteiger partial charge in [0, 0.05) is 19.2 Å². The number of nitrogens with one attached hydrogen (secondary N) is 1. The van der Waals surface area contributed by atoms with E-state index in [9.17, 15) is 8.78 Å². The molecule has 5 nitrogen and oxygen atoms in total. The van der Waals surface area contributed by atoms with Crippen molar-refractivity contribution in [1.29, 1.82) is 0 Å². The largest absolute Gasteiger partial charge is 0.367 e. The van der Waals surface area contributed by atoms with Gasteiger partial charge in [-0.3, -0.25) is 0 Å². The van der Waals surface area contributed by atoms with E-state index in [1.54, 1.807) is 0 Å². The molecule has 1 unspecified atom stereocenters. The van der Waals surface area contributed by atoms with Crippen molar-refractivity contribution in [3.8, 4) is 11.5 Å². The third-order valence-electron chi connectivity index (χ3n) is 2.82. The van der Waals surface area contributed by atoms with Gasteiger partial charge in [0.25, 0.3) is 5.89 Å². The molecule has 0 spiro atoms. The van der Waals surface area contributed by atoms with Gasteiger partial charge >= 0.3 is 0 Å². The highest BCUT2D eigenvalue weighted by molar-refractivity contribution is 5.53. The molecule has 2 heterocycles. The molecule has 1 aromatic heterocycles. The zero-order chi connectivity index (χ0) is 13.2. The summed E-state index contributed by atoms with van der Waals surface area (Å²) in [6, 6.07) is 3.18. The van der Waals surface area contributed by atoms with Gasteiger partial charge in [-0.25, -0.2) is 8.78 Å². The molecule has 1 aromatic carbocycles. The number of benzene rings is 1. The first-order chi connectivity index (χ1) is 9.24. The van der Waals surface area contributed by atoms with Crippen LogP contribution in [-0.2, 0) is 4.74 Å². The van der Waals surface area contributed by atoms with E-state index in [0.29, 0.717) is 19.0 Å². The summed E-state index contributed by atoms with van der Waals surface area (Å²) >= 11 is 0. The van der Waals surface area contributed by atoms with Crippen LogP contribution in [0.2, 0.25) is 0 Å². The van der Waals surface area contributed by atoms with Gasteiger partial charge in [0.05, 0.1) is 12.2 Å². The monoisotopic (exact) mass is 267 g/mol. The number of hydrogen-bond acceptors (Lipinski definition) is 5. The predicted octanol–water partition coefficient (Wildman–Crippen LogP) is 1.68. The molecule has 0 aliphatic carbocycles. The Hall–Kier alpha value is -1.86. The van der Waals surface area contributed by atoms with Crippen LogP contribution in [0.25, 0.3) is 11.5 Å². The number of morpholine rings is 1. The Labute approximate surface area is 107 Å². The molecular formula is C12H11F2N3O2. The van der Waals surface area contributed by atoms with Crippen molar-refractivity contribution in [2.45, 2.75) is 6.10 Å². The number of aromatic nitrogens is 2. The summed E-state index contributed by atoms with van der Waals surface area (Å²) in [5, 5.41) is 6.90. The number of rotatable bonds is 2. The van der Waals surface area contributed by atoms with Crippen LogP contribution in [0.5, 0.6) is 0 Å². The number of hydrogen-bond donors (Lipinski definition) is 1. The molecule has 0 amide bonds. The number of halogens is 2. The average Bonchev–Trinajstić information content (AvgIpc) is 2.89. The summed E-state index contributed by atoms with van der Waals surface area (Å²) in [5.74, 6) is -1.02. The van der Waals surface area contributed by atoms with Gasteiger partial charge in [0.2, 0.25) is 5.82 Å². The van der Waals surface area contributed by atoms with Crippen LogP contribution in [-0.4, -0.2) is 29.8 Å². The normalized spacial score (nSPS) is 19.6. The van der Waals surface area contributed by atoms with Gasteiger partial charge in [0.1, 0.15) is 17.7 Å². The van der Waals surface area contributed by atoms with Crippen molar-refractivity contribution in [1.82, 2.24) is 15.5 Å². The van der Waals surface area contributed by atoms with Gasteiger partial charge in [0.15, 0.2) is 0 Å². The average molecular weight is 267 g/mol. The smallest absolute Gasteiger partial charge is 0.260 e. The van der Waals surface area contributed by atoms with Crippen LogP contribution < -0.4 is 5.32 Å². The summed E-state index contributed by atoms with van der Waals surface area (Å²) < 4.78 is 36.9. The summed E-state index contributed by atoms with van der Waals surface area (Å²) in [4.78, 5) is 4.09. The molecule has 1 aliphatic rings. The molecule has 1 atom stereocenters. The van der Waals surface area contributed by atoms with Crippen LogP contribution >= 0.6 is 0 Å². The quantitative estimate of drug-likeness (QED) is 0.897. The van der Waals surface area contributed by atoms with Crippen LogP contribution in [0.15, 0.2) is 22.7 Å². The van der Waals surface area contributed by atoms with Gasteiger partial charge in [-0.15, -0.1) is 0 Å². The van der Waals surface area contributed by atoms with Crippen molar-refractivity contribution < 1.29 is 18.0 Å². The fourth-order valence-electron chi connectivity index (χ4n) is 1.87. The summed E-state index contributed by atoms with van der Waals surface area (Å²) in [6.07, 6.45) is -0.310. The van der Waals surface area contributed by atoms with Gasteiger partial charge in [-0.05, 0) is 12.1 Å². The molecule has 1 N–H and O–H groups in total. The van der Waals surface area contributed by atoms with E-state index < -0.39 is 11.6 Å². The Kier molecular flexibility index (Phi) is 3.22. The minimum atomic E-state index is -0.738. The number of nitrogens with zero attached hydrogens (tertiary/aromatic N) is 2. The van der Waals surface area contributed by atoms with E-state index >= 15 is 0 Å². The second-order valence-corrected chi connectivity index (χ2v) is 4.15. The van der Waals surface area contributed by atoms with Crippen molar-refractivity contribution in [2.75, 3.05) is 19.7 Å². The maximum absolute atomic E-state index is 13.6. The molecule has 1 fully saturated rings. The zero-order valence-electron chi connectivity index (χ0n) is 9.90. The highest BCUT2D eigenvalue weighted by Crippen LogP contribution is 2.24. The lowest BCUT2D eigenvalue weighted by atomic mass is 10.2. The Bertz CT molecular complexity index is 582. The lowest BCUT2D eigenvalue weighted by molar-refractivity contribution is 0.0208. The van der Waals surface area contributed by atoms with E-state index in [1.807, 2.05) is 0 Å². The molecular weight excluding hydrogens is 256 g/mol. The van der Waals surface area contributed by atoms with Crippen LogP contribution in [0.4, 0.5) is 8.78 Å². The van der Waals surface area contributed by atoms with E-state index in [-0.39, 0.29) is 17.6 Å². The van der Waals surface area contributed by atoms with Crippen molar-refractivity contribution >= 4 is 0 Å². The molecule has 3 rings (SSSR count). The standard InChI is InChI=1S/C12H11F2N3O2/c13-7-1-2-8(9(14)5-7)12-16-11(17-19-12)10-6-15-3-4-18-10/h1-2,5,10,15H,3-4,6H2. The SMILES string of the molecule is Fc1ccc(-c2nc(C3CNCCO3)no2)c(F)c1. The second-order valence-electron chi connectivity index (χ2n) is 4.15. The van der Waals surface area contributed by atoms with Crippen LogP contribution in [0, 0.1) is 11.6 Å². The lowest BCUT2D eigenvalue weighted by Gasteiger charge is -2.20. The van der Waals surface area contributed by atoms with Crippen molar-refractivity contribution in [2.24, 2.45) is 0 Å². The third-order valence-corrected chi connectivity index (χ3v) is 2.82. The second kappa shape index (κ2) is 5.02. The van der Waals surface area contributed by atoms with Gasteiger partial charge in [-0.1, -0.05) is 5.16 Å². The third kappa shape index (κ3) is 2.47. The molecule has 19 heavy (non-hydrogen) atoms. The Balaban J connectivity index is 1.87. The van der Waals surface area contributed by atoms with Crippen molar-refractivity contribution in [3.63, 3.8) is 0 Å². The maximum Gasteiger partial charge on any atom is 0.260 e. The summed E-state index contributed by atoms with van der Waals surface area (Å²) in [5.41, 5.74) is 0.0731. The van der Waals surface area contributed by atoms with Crippen LogP contribution in [0.1, 0.15) is 11.9 Å². The highest BCUT2D eigenvalue weighted by Gasteiger charge is 2.22. The lowest BCUT2D eigenvalue weighted by Crippen LogP contribution is -2.33. The summed E-state index contributed by atoms with van der Waals surface area (Å²) in [6.45, 7) is 1.90. The Morgan fingerprint density at radius 3 is 2.95 bits per heavy atom. The Morgan fingerprint density at radius 1 is 1.32 bits per heavy atom. The minimum Gasteiger partial charge on any atom is -0.367 e. The fraction of sp³-hybridized carbons (Fsp3) is 0.333. The molecule has 7 heteroatoms. The predicted molar refractivity (Wildman–Crippen MR) is 61.2 cm³/mol. The minimum absolute atomic E-state index is 0.0154. The molecule has 1 saturated heterocycles. The van der Waals surface area contributed by atoms with E-state index in [4.69, 9.17) is 9.26 Å². The van der Waals surface area contributed by atoms with Gasteiger partial charge in [-0.2, -0.15) is 4.98 Å². The first kappa shape index (κ1) is 12.2. The molecule has 1 aliphatic heterocycles. The zero-order valence-corrected chi connectivity index (χ0v) is 9.90. The number of ether oxygens (including phenoxy) is 1. The summed E-state index contributed by atoms with van der Waals surface area (Å²) in [7, 11) is 0. The molecule has 0 bridgehead atoms. The van der Waals surface area contributed by atoms with Gasteiger partial charge < -0.3 is 14.6 Å². The topological polar surface area (TPSA) is 60.2 Å². The van der Waals surface area contributed by atoms with E-state index in [1.165, 1.54) is 6.07 Å². The molecule has 0 radical (unpaired) electrons. The Morgan fingerprint density at radius 2 is 2.21 bits per heavy atom. The first-order valence-corrected chi connectivity index (χ1v) is 5.85. The molecule has 2 aromatic rings. The van der Waals surface area contributed by atoms with E-state index in [2.05, 4.69) is 15.5 Å². The highest BCUT2D eigenvalue weighted by atomic mass is 19.1. The molecule has 0 saturated carbocycles. The molecule has 100 valence electrons. The van der Waals surface area contributed by atoms with Crippen molar-refractivity contribution in [3.05, 3.63) is 35.7 Å². The fourth-order valence-corrected chi connectivity index (χ4v) is 1.87.